The summed E-state index contributed by atoms with van der Waals surface area (Å²) in [5, 5.41) is 19.9. The Bertz CT molecular complexity index is 752. The van der Waals surface area contributed by atoms with E-state index in [4.69, 9.17) is 0 Å². The van der Waals surface area contributed by atoms with Crippen LogP contribution in [0.5, 0.6) is 0 Å². The van der Waals surface area contributed by atoms with Crippen molar-refractivity contribution in [3.63, 3.8) is 0 Å². The molecule has 0 spiro atoms. The van der Waals surface area contributed by atoms with Crippen molar-refractivity contribution in [2.45, 2.75) is 6.92 Å². The van der Waals surface area contributed by atoms with Crippen molar-refractivity contribution in [1.82, 2.24) is 14.8 Å². The minimum atomic E-state index is -0.0816. The molecule has 2 heterocycles. The lowest BCUT2D eigenvalue weighted by atomic mass is 9.96. The van der Waals surface area contributed by atoms with Gasteiger partial charge in [0.1, 0.15) is 5.69 Å². The van der Waals surface area contributed by atoms with Gasteiger partial charge in [0.15, 0.2) is 0 Å². The first-order chi connectivity index (χ1) is 12.7. The second kappa shape index (κ2) is 8.58. The fourth-order valence-corrected chi connectivity index (χ4v) is 3.72. The molecule has 1 saturated heterocycles. The van der Waals surface area contributed by atoms with Crippen molar-refractivity contribution in [3.8, 4) is 0 Å². The molecule has 140 valence electrons. The normalized spacial score (nSPS) is 20.2. The maximum absolute atomic E-state index is 12.9. The van der Waals surface area contributed by atoms with E-state index in [1.807, 2.05) is 30.3 Å². The lowest BCUT2D eigenvalue weighted by molar-refractivity contribution is 0.0773. The fraction of sp³-hybridized carbons (Fsp3) is 0.500. The number of hydrogen-bond donors (Lipinski definition) is 2. The molecule has 1 amide bonds. The summed E-state index contributed by atoms with van der Waals surface area (Å²) in [6.07, 6.45) is 0. The summed E-state index contributed by atoms with van der Waals surface area (Å²) < 4.78 is 0. The third kappa shape index (κ3) is 4.03. The third-order valence-corrected chi connectivity index (χ3v) is 5.27. The van der Waals surface area contributed by atoms with Gasteiger partial charge < -0.3 is 20.0 Å². The highest BCUT2D eigenvalue weighted by atomic mass is 16.3. The lowest BCUT2D eigenvalue weighted by Gasteiger charge is -2.25. The molecule has 1 fully saturated rings. The first-order valence-electron chi connectivity index (χ1n) is 9.25. The van der Waals surface area contributed by atoms with Gasteiger partial charge in [0.25, 0.3) is 5.91 Å². The minimum Gasteiger partial charge on any atom is -0.396 e. The number of aliphatic hydroxyl groups is 2. The van der Waals surface area contributed by atoms with Crippen molar-refractivity contribution in [1.29, 1.82) is 0 Å². The molecular weight excluding hydrogens is 330 g/mol. The smallest absolute Gasteiger partial charge is 0.272 e. The number of benzene rings is 1. The van der Waals surface area contributed by atoms with Crippen LogP contribution in [0.15, 0.2) is 36.4 Å². The molecule has 1 aromatic heterocycles. The van der Waals surface area contributed by atoms with Crippen LogP contribution in [0.3, 0.4) is 0 Å². The van der Waals surface area contributed by atoms with Crippen LogP contribution in [0, 0.1) is 11.8 Å². The number of likely N-dealkylation sites (tertiary alicyclic amines) is 1. The van der Waals surface area contributed by atoms with E-state index in [-0.39, 0.29) is 31.0 Å². The number of pyridine rings is 1. The average Bonchev–Trinajstić information content (AvgIpc) is 3.09. The van der Waals surface area contributed by atoms with Crippen LogP contribution in [0.25, 0.3) is 10.9 Å². The van der Waals surface area contributed by atoms with Crippen molar-refractivity contribution in [2.24, 2.45) is 11.8 Å². The number of amides is 1. The van der Waals surface area contributed by atoms with Gasteiger partial charge in [-0.2, -0.15) is 0 Å². The van der Waals surface area contributed by atoms with Gasteiger partial charge in [-0.05, 0) is 24.6 Å². The molecular formula is C20H27N3O3. The molecule has 3 rings (SSSR count). The number of hydrogen-bond acceptors (Lipinski definition) is 5. The maximum Gasteiger partial charge on any atom is 0.272 e. The molecule has 26 heavy (non-hydrogen) atoms. The van der Waals surface area contributed by atoms with Crippen molar-refractivity contribution < 1.29 is 15.0 Å². The number of likely N-dealkylation sites (N-methyl/N-ethyl adjacent to an activating group) is 1. The van der Waals surface area contributed by atoms with Crippen LogP contribution < -0.4 is 0 Å². The minimum absolute atomic E-state index is 0.0622. The zero-order valence-corrected chi connectivity index (χ0v) is 15.2. The zero-order valence-electron chi connectivity index (χ0n) is 15.2. The molecule has 0 radical (unpaired) electrons. The molecule has 1 aliphatic heterocycles. The molecule has 6 heteroatoms. The molecule has 0 aliphatic carbocycles. The number of carbonyl (C=O) groups excluding carboxylic acids is 1. The summed E-state index contributed by atoms with van der Waals surface area (Å²) in [6.45, 7) is 5.63. The van der Waals surface area contributed by atoms with Gasteiger partial charge in [-0.3, -0.25) is 4.79 Å². The standard InChI is InChI=1S/C20H27N3O3/c1-2-22(9-10-24)11-16-12-23(13-17(16)14-25)20(26)19-8-7-15-5-3-4-6-18(15)21-19/h3-8,16-17,24-25H,2,9-14H2,1H3/t16-,17-/m1/s1. The molecule has 2 N–H and O–H groups in total. The van der Waals surface area contributed by atoms with Crippen LogP contribution in [-0.2, 0) is 0 Å². The molecule has 1 aromatic carbocycles. The topological polar surface area (TPSA) is 76.9 Å². The van der Waals surface area contributed by atoms with E-state index < -0.39 is 0 Å². The third-order valence-electron chi connectivity index (χ3n) is 5.27. The quantitative estimate of drug-likeness (QED) is 0.779. The van der Waals surface area contributed by atoms with Gasteiger partial charge in [0.2, 0.25) is 0 Å². The molecule has 0 bridgehead atoms. The summed E-state index contributed by atoms with van der Waals surface area (Å²) in [7, 11) is 0. The first kappa shape index (κ1) is 18.8. The van der Waals surface area contributed by atoms with Gasteiger partial charge in [0, 0.05) is 44.1 Å². The van der Waals surface area contributed by atoms with Crippen LogP contribution in [-0.4, -0.2) is 76.8 Å². The van der Waals surface area contributed by atoms with E-state index in [0.717, 1.165) is 24.0 Å². The Balaban J connectivity index is 1.72. The Morgan fingerprint density at radius 1 is 1.19 bits per heavy atom. The first-order valence-corrected chi connectivity index (χ1v) is 9.25. The predicted molar refractivity (Wildman–Crippen MR) is 101 cm³/mol. The second-order valence-corrected chi connectivity index (χ2v) is 6.92. The molecule has 0 saturated carbocycles. The SMILES string of the molecule is CCN(CCO)C[C@@H]1CN(C(=O)c2ccc3ccccc3n2)C[C@@H]1CO. The van der Waals surface area contributed by atoms with Gasteiger partial charge >= 0.3 is 0 Å². The van der Waals surface area contributed by atoms with Crippen LogP contribution in [0.1, 0.15) is 17.4 Å². The summed E-state index contributed by atoms with van der Waals surface area (Å²) >= 11 is 0. The van der Waals surface area contributed by atoms with Crippen molar-refractivity contribution in [3.05, 3.63) is 42.1 Å². The van der Waals surface area contributed by atoms with E-state index in [9.17, 15) is 15.0 Å². The Kier molecular flexibility index (Phi) is 6.19. The second-order valence-electron chi connectivity index (χ2n) is 6.92. The zero-order chi connectivity index (χ0) is 18.5. The molecule has 0 unspecified atom stereocenters. The number of para-hydroxylation sites is 1. The van der Waals surface area contributed by atoms with Crippen molar-refractivity contribution >= 4 is 16.8 Å². The summed E-state index contributed by atoms with van der Waals surface area (Å²) in [6, 6.07) is 11.4. The molecule has 1 aliphatic rings. The Labute approximate surface area is 154 Å². The van der Waals surface area contributed by atoms with E-state index >= 15 is 0 Å². The Morgan fingerprint density at radius 3 is 2.69 bits per heavy atom. The van der Waals surface area contributed by atoms with Crippen LogP contribution >= 0.6 is 0 Å². The Morgan fingerprint density at radius 2 is 1.96 bits per heavy atom. The van der Waals surface area contributed by atoms with Gasteiger partial charge in [-0.1, -0.05) is 31.2 Å². The summed E-state index contributed by atoms with van der Waals surface area (Å²) in [4.78, 5) is 21.4. The number of fused-ring (bicyclic) bond motifs is 1. The van der Waals surface area contributed by atoms with E-state index in [1.54, 1.807) is 11.0 Å². The average molecular weight is 357 g/mol. The number of aromatic nitrogens is 1. The van der Waals surface area contributed by atoms with E-state index in [0.29, 0.717) is 25.3 Å². The highest BCUT2D eigenvalue weighted by Gasteiger charge is 2.36. The monoisotopic (exact) mass is 357 g/mol. The maximum atomic E-state index is 12.9. The summed E-state index contributed by atoms with van der Waals surface area (Å²) in [5.74, 6) is 0.185. The number of carbonyl (C=O) groups is 1. The largest absolute Gasteiger partial charge is 0.396 e. The highest BCUT2D eigenvalue weighted by Crippen LogP contribution is 2.26. The fourth-order valence-electron chi connectivity index (χ4n) is 3.72. The Hall–Kier alpha value is -2.02. The highest BCUT2D eigenvalue weighted by molar-refractivity contribution is 5.95. The van der Waals surface area contributed by atoms with E-state index in [2.05, 4.69) is 16.8 Å². The molecule has 2 aromatic rings. The van der Waals surface area contributed by atoms with Crippen LogP contribution in [0.2, 0.25) is 0 Å². The number of aliphatic hydroxyl groups excluding tert-OH is 2. The van der Waals surface area contributed by atoms with Gasteiger partial charge in [0.05, 0.1) is 12.1 Å². The lowest BCUT2D eigenvalue weighted by Crippen LogP contribution is -2.36. The molecule has 6 nitrogen and oxygen atoms in total. The van der Waals surface area contributed by atoms with Crippen molar-refractivity contribution in [2.75, 3.05) is 45.9 Å². The predicted octanol–water partition coefficient (Wildman–Crippen LogP) is 1.23. The summed E-state index contributed by atoms with van der Waals surface area (Å²) in [5.41, 5.74) is 1.26. The number of rotatable bonds is 7. The van der Waals surface area contributed by atoms with Gasteiger partial charge in [-0.15, -0.1) is 0 Å². The van der Waals surface area contributed by atoms with E-state index in [1.165, 1.54) is 0 Å². The number of nitrogens with zero attached hydrogens (tertiary/aromatic N) is 3. The molecule has 2 atom stereocenters. The van der Waals surface area contributed by atoms with Gasteiger partial charge in [-0.25, -0.2) is 4.98 Å². The van der Waals surface area contributed by atoms with Crippen LogP contribution in [0.4, 0.5) is 0 Å².